The van der Waals surface area contributed by atoms with Crippen molar-refractivity contribution in [1.82, 2.24) is 5.06 Å². The first-order valence-electron chi connectivity index (χ1n) is 13.5. The predicted molar refractivity (Wildman–Crippen MR) is 146 cm³/mol. The lowest BCUT2D eigenvalue weighted by molar-refractivity contribution is -0.184. The van der Waals surface area contributed by atoms with E-state index >= 15 is 0 Å². The van der Waals surface area contributed by atoms with E-state index in [0.29, 0.717) is 47.8 Å². The van der Waals surface area contributed by atoms with Crippen LogP contribution in [0, 0.1) is 17.8 Å². The van der Waals surface area contributed by atoms with E-state index in [-0.39, 0.29) is 0 Å². The number of hydrogen-bond donors (Lipinski definition) is 0. The van der Waals surface area contributed by atoms with Crippen LogP contribution in [0.25, 0.3) is 0 Å². The van der Waals surface area contributed by atoms with Crippen LogP contribution in [0.1, 0.15) is 99.6 Å². The Morgan fingerprint density at radius 3 is 1.97 bits per heavy atom. The molecule has 198 valence electrons. The van der Waals surface area contributed by atoms with Crippen molar-refractivity contribution in [3.8, 4) is 0 Å². The zero-order valence-electron chi connectivity index (χ0n) is 23.5. The van der Waals surface area contributed by atoms with Crippen LogP contribution in [0.4, 0.5) is 0 Å². The molecule has 2 aliphatic rings. The molecule has 1 aliphatic heterocycles. The van der Waals surface area contributed by atoms with E-state index in [1.807, 2.05) is 13.8 Å². The topological polar surface area (TPSA) is 55.8 Å². The molecular weight excluding hydrogens is 462 g/mol. The largest absolute Gasteiger partial charge is 0.371 e. The summed E-state index contributed by atoms with van der Waals surface area (Å²) in [4.78, 5) is 31.2. The molecule has 0 fully saturated rings. The number of imide groups is 1. The molecule has 0 N–H and O–H groups in total. The lowest BCUT2D eigenvalue weighted by atomic mass is 9.64. The second kappa shape index (κ2) is 10.2. The molecule has 3 unspecified atom stereocenters. The van der Waals surface area contributed by atoms with E-state index < -0.39 is 23.0 Å². The molecule has 0 radical (unpaired) electrons. The number of fused-ring (bicyclic) bond motifs is 1. The number of amides is 2. The van der Waals surface area contributed by atoms with Gasteiger partial charge in [0.2, 0.25) is 0 Å². The molecule has 4 rings (SSSR count). The summed E-state index contributed by atoms with van der Waals surface area (Å²) in [5.74, 6) is 1.57. The normalized spacial score (nSPS) is 20.7. The molecule has 2 aromatic carbocycles. The molecule has 0 bridgehead atoms. The van der Waals surface area contributed by atoms with E-state index in [1.54, 1.807) is 29.8 Å². The molecule has 2 aromatic rings. The van der Waals surface area contributed by atoms with Crippen molar-refractivity contribution < 1.29 is 19.2 Å². The highest BCUT2D eigenvalue weighted by Crippen LogP contribution is 2.46. The molecule has 5 nitrogen and oxygen atoms in total. The molecule has 0 saturated carbocycles. The second-order valence-corrected chi connectivity index (χ2v) is 12.0. The van der Waals surface area contributed by atoms with Crippen LogP contribution >= 0.6 is 0 Å². The minimum absolute atomic E-state index is 0.376. The lowest BCUT2D eigenvalue weighted by Crippen LogP contribution is -2.40. The summed E-state index contributed by atoms with van der Waals surface area (Å²) in [7, 11) is 0. The maximum atomic E-state index is 12.7. The average Bonchev–Trinajstić information content (AvgIpc) is 3.06. The quantitative estimate of drug-likeness (QED) is 0.252. The van der Waals surface area contributed by atoms with Crippen LogP contribution in [0.3, 0.4) is 0 Å². The number of hydroxylamine groups is 2. The number of ether oxygens (including phenoxy) is 1. The van der Waals surface area contributed by atoms with E-state index in [4.69, 9.17) is 9.57 Å². The van der Waals surface area contributed by atoms with Crippen LogP contribution in [0.5, 0.6) is 0 Å². The van der Waals surface area contributed by atoms with Crippen molar-refractivity contribution in [3.63, 3.8) is 0 Å². The number of benzene rings is 2. The smallest absolute Gasteiger partial charge is 0.285 e. The first-order valence-corrected chi connectivity index (χ1v) is 13.5. The summed E-state index contributed by atoms with van der Waals surface area (Å²) in [6.07, 6.45) is 2.95. The van der Waals surface area contributed by atoms with Crippen LogP contribution in [-0.4, -0.2) is 29.1 Å². The van der Waals surface area contributed by atoms with Gasteiger partial charge in [-0.25, -0.2) is 0 Å². The fourth-order valence-corrected chi connectivity index (χ4v) is 5.67. The van der Waals surface area contributed by atoms with Gasteiger partial charge in [-0.2, -0.15) is 0 Å². The molecular formula is C32H41NO4. The Labute approximate surface area is 221 Å². The lowest BCUT2D eigenvalue weighted by Gasteiger charge is -2.40. The third-order valence-electron chi connectivity index (χ3n) is 7.99. The minimum Gasteiger partial charge on any atom is -0.371 e. The van der Waals surface area contributed by atoms with Gasteiger partial charge in [-0.3, -0.25) is 14.4 Å². The maximum absolute atomic E-state index is 12.7. The Balaban J connectivity index is 1.33. The highest BCUT2D eigenvalue weighted by molar-refractivity contribution is 6.20. The van der Waals surface area contributed by atoms with Crippen LogP contribution in [0.15, 0.2) is 60.2 Å². The molecule has 5 heteroatoms. The molecule has 0 saturated heterocycles. The fourth-order valence-electron chi connectivity index (χ4n) is 5.67. The molecule has 3 atom stereocenters. The Morgan fingerprint density at radius 2 is 1.46 bits per heavy atom. The van der Waals surface area contributed by atoms with Gasteiger partial charge in [-0.1, -0.05) is 75.7 Å². The number of allylic oxidation sites excluding steroid dienone is 2. The monoisotopic (exact) mass is 503 g/mol. The second-order valence-electron chi connectivity index (χ2n) is 12.0. The van der Waals surface area contributed by atoms with E-state index in [0.717, 1.165) is 10.6 Å². The van der Waals surface area contributed by atoms with E-state index in [2.05, 4.69) is 71.9 Å². The number of carbonyl (C=O) groups is 2. The Bertz CT molecular complexity index is 1160. The number of nitrogens with zero attached hydrogens (tertiary/aromatic N) is 1. The van der Waals surface area contributed by atoms with Gasteiger partial charge >= 0.3 is 0 Å². The Morgan fingerprint density at radius 1 is 0.892 bits per heavy atom. The maximum Gasteiger partial charge on any atom is 0.285 e. The summed E-state index contributed by atoms with van der Waals surface area (Å²) in [5.41, 5.74) is 3.51. The van der Waals surface area contributed by atoms with E-state index in [1.165, 1.54) is 5.56 Å². The minimum atomic E-state index is -0.761. The molecule has 1 aliphatic carbocycles. The molecule has 1 heterocycles. The fraction of sp³-hybridized carbons (Fsp3) is 0.500. The van der Waals surface area contributed by atoms with Crippen molar-refractivity contribution in [3.05, 3.63) is 82.4 Å². The summed E-state index contributed by atoms with van der Waals surface area (Å²) in [6.45, 7) is 17.5. The zero-order valence-corrected chi connectivity index (χ0v) is 23.5. The number of rotatable bonds is 10. The summed E-state index contributed by atoms with van der Waals surface area (Å²) in [5, 5.41) is 0.887. The summed E-state index contributed by atoms with van der Waals surface area (Å²) >= 11 is 0. The van der Waals surface area contributed by atoms with Crippen LogP contribution in [0.2, 0.25) is 0 Å². The molecule has 0 spiro atoms. The van der Waals surface area contributed by atoms with Crippen LogP contribution in [-0.2, 0) is 15.2 Å². The summed E-state index contributed by atoms with van der Waals surface area (Å²) < 4.78 is 6.29. The third-order valence-corrected chi connectivity index (χ3v) is 7.99. The van der Waals surface area contributed by atoms with Gasteiger partial charge in [0.25, 0.3) is 11.8 Å². The highest BCUT2D eigenvalue weighted by Gasteiger charge is 2.40. The van der Waals surface area contributed by atoms with Gasteiger partial charge < -0.3 is 4.74 Å². The Kier molecular flexibility index (Phi) is 7.51. The van der Waals surface area contributed by atoms with Gasteiger partial charge in [0.1, 0.15) is 0 Å². The van der Waals surface area contributed by atoms with E-state index in [9.17, 15) is 9.59 Å². The first-order chi connectivity index (χ1) is 17.3. The van der Waals surface area contributed by atoms with Gasteiger partial charge in [0, 0.05) is 12.3 Å². The van der Waals surface area contributed by atoms with Gasteiger partial charge in [0.05, 0.1) is 28.9 Å². The van der Waals surface area contributed by atoms with Gasteiger partial charge in [0.15, 0.2) is 0 Å². The van der Waals surface area contributed by atoms with Crippen molar-refractivity contribution >= 4 is 11.8 Å². The first kappa shape index (κ1) is 27.3. The predicted octanol–water partition coefficient (Wildman–Crippen LogP) is 7.29. The number of hydrogen-bond acceptors (Lipinski definition) is 4. The van der Waals surface area contributed by atoms with Crippen molar-refractivity contribution in [2.24, 2.45) is 17.8 Å². The van der Waals surface area contributed by atoms with Gasteiger partial charge in [-0.05, 0) is 68.7 Å². The van der Waals surface area contributed by atoms with Gasteiger partial charge in [-0.15, -0.1) is 5.06 Å². The molecule has 0 aromatic heterocycles. The molecule has 2 amide bonds. The Hall–Kier alpha value is -2.76. The SMILES string of the molecule is CC(C1=CC(C)C1C(C)C)c1ccc(C(C)(C)OCCC(C)(C)ON2C(=O)c3ccccc3C2=O)cc1. The standard InChI is InChI=1S/C32H41NO4/c1-20(2)28-21(3)19-27(28)22(4)23-13-15-24(16-14-23)32(7,8)36-18-17-31(5,6)37-33-29(34)25-11-9-10-12-26(25)30(33)35/h9-16,19-22,28H,17-18H2,1-8H3. The molecule has 37 heavy (non-hydrogen) atoms. The number of carbonyl (C=O) groups excluding carboxylic acids is 2. The summed E-state index contributed by atoms with van der Waals surface area (Å²) in [6, 6.07) is 15.6. The average molecular weight is 504 g/mol. The van der Waals surface area contributed by atoms with Crippen molar-refractivity contribution in [2.45, 2.75) is 78.9 Å². The third kappa shape index (κ3) is 5.44. The zero-order chi connectivity index (χ0) is 27.1. The van der Waals surface area contributed by atoms with Crippen molar-refractivity contribution in [1.29, 1.82) is 0 Å². The van der Waals surface area contributed by atoms with Crippen LogP contribution < -0.4 is 0 Å². The highest BCUT2D eigenvalue weighted by atomic mass is 16.7. The van der Waals surface area contributed by atoms with Crippen molar-refractivity contribution in [2.75, 3.05) is 6.61 Å².